The van der Waals surface area contributed by atoms with E-state index in [0.29, 0.717) is 10.7 Å². The Hall–Kier alpha value is -2.81. The van der Waals surface area contributed by atoms with E-state index in [1.54, 1.807) is 6.92 Å². The summed E-state index contributed by atoms with van der Waals surface area (Å²) in [6, 6.07) is 7.45. The smallest absolute Gasteiger partial charge is 0.261 e. The minimum Gasteiger partial charge on any atom is -0.389 e. The Bertz CT molecular complexity index is 876. The van der Waals surface area contributed by atoms with Crippen molar-refractivity contribution in [2.75, 3.05) is 5.73 Å². The van der Waals surface area contributed by atoms with Gasteiger partial charge in [0.2, 0.25) is 0 Å². The van der Waals surface area contributed by atoms with Gasteiger partial charge in [-0.05, 0) is 37.5 Å². The van der Waals surface area contributed by atoms with Gasteiger partial charge in [0.15, 0.2) is 0 Å². The summed E-state index contributed by atoms with van der Waals surface area (Å²) in [5, 5.41) is 12.6. The van der Waals surface area contributed by atoms with Crippen LogP contribution in [0.2, 0.25) is 0 Å². The zero-order valence-corrected chi connectivity index (χ0v) is 13.5. The molecule has 3 rings (SSSR count). The van der Waals surface area contributed by atoms with E-state index in [-0.39, 0.29) is 12.5 Å². The lowest BCUT2D eigenvalue weighted by Gasteiger charge is -2.04. The van der Waals surface area contributed by atoms with Crippen LogP contribution in [0.5, 0.6) is 0 Å². The standard InChI is InChI=1S/C14H15N7OS/c1-8(13-9(2)19-23-14(13)15)16-18-12(22)7-21-11-6-4-3-5-10(11)17-20-21/h3-6H,7,15H2,1-2H3,(H,18,22)/b16-8-. The lowest BCUT2D eigenvalue weighted by molar-refractivity contribution is -0.121. The lowest BCUT2D eigenvalue weighted by atomic mass is 10.2. The van der Waals surface area contributed by atoms with Gasteiger partial charge in [-0.3, -0.25) is 4.79 Å². The molecule has 0 fully saturated rings. The van der Waals surface area contributed by atoms with Crippen molar-refractivity contribution in [2.24, 2.45) is 5.10 Å². The highest BCUT2D eigenvalue weighted by Gasteiger charge is 2.12. The SMILES string of the molecule is C/C(=N/NC(=O)Cn1nnc2ccccc21)c1c(C)nsc1N. The highest BCUT2D eigenvalue weighted by molar-refractivity contribution is 7.10. The van der Waals surface area contributed by atoms with E-state index in [1.807, 2.05) is 31.2 Å². The number of para-hydroxylation sites is 1. The Morgan fingerprint density at radius 1 is 1.43 bits per heavy atom. The van der Waals surface area contributed by atoms with Crippen molar-refractivity contribution in [3.63, 3.8) is 0 Å². The molecule has 3 N–H and O–H groups in total. The summed E-state index contributed by atoms with van der Waals surface area (Å²) in [4.78, 5) is 12.0. The first-order valence-electron chi connectivity index (χ1n) is 6.89. The van der Waals surface area contributed by atoms with Crippen molar-refractivity contribution >= 4 is 39.2 Å². The monoisotopic (exact) mass is 329 g/mol. The molecule has 8 nitrogen and oxygen atoms in total. The van der Waals surface area contributed by atoms with Gasteiger partial charge in [-0.2, -0.15) is 9.47 Å². The maximum Gasteiger partial charge on any atom is 0.261 e. The number of aryl methyl sites for hydroxylation is 1. The molecule has 0 saturated carbocycles. The predicted molar refractivity (Wildman–Crippen MR) is 89.1 cm³/mol. The molecule has 9 heteroatoms. The number of aromatic nitrogens is 4. The van der Waals surface area contributed by atoms with E-state index < -0.39 is 0 Å². The van der Waals surface area contributed by atoms with Crippen molar-refractivity contribution in [3.8, 4) is 0 Å². The molecule has 0 unspecified atom stereocenters. The van der Waals surface area contributed by atoms with Crippen molar-refractivity contribution in [1.82, 2.24) is 24.8 Å². The second-order valence-corrected chi connectivity index (χ2v) is 5.78. The zero-order valence-electron chi connectivity index (χ0n) is 12.6. The summed E-state index contributed by atoms with van der Waals surface area (Å²) in [6.45, 7) is 3.66. The Labute approximate surface area is 136 Å². The average molecular weight is 329 g/mol. The summed E-state index contributed by atoms with van der Waals surface area (Å²) in [5.74, 6) is -0.292. The third-order valence-electron chi connectivity index (χ3n) is 3.31. The van der Waals surface area contributed by atoms with Crippen LogP contribution in [-0.2, 0) is 11.3 Å². The van der Waals surface area contributed by atoms with Crippen molar-refractivity contribution < 1.29 is 4.79 Å². The van der Waals surface area contributed by atoms with E-state index >= 15 is 0 Å². The number of hydrogen-bond donors (Lipinski definition) is 2. The summed E-state index contributed by atoms with van der Waals surface area (Å²) < 4.78 is 5.69. The summed E-state index contributed by atoms with van der Waals surface area (Å²) in [7, 11) is 0. The molecule has 0 aliphatic heterocycles. The molecule has 2 heterocycles. The molecular weight excluding hydrogens is 314 g/mol. The molecule has 1 amide bonds. The number of rotatable bonds is 4. The normalized spacial score (nSPS) is 11.8. The van der Waals surface area contributed by atoms with Crippen LogP contribution in [0.15, 0.2) is 29.4 Å². The number of benzene rings is 1. The second kappa shape index (κ2) is 6.13. The first kappa shape index (κ1) is 15.1. The fourth-order valence-electron chi connectivity index (χ4n) is 2.23. The molecule has 0 atom stereocenters. The first-order valence-corrected chi connectivity index (χ1v) is 7.67. The Morgan fingerprint density at radius 3 is 2.96 bits per heavy atom. The number of nitrogens with one attached hydrogen (secondary N) is 1. The molecule has 0 aliphatic rings. The zero-order chi connectivity index (χ0) is 16.4. The van der Waals surface area contributed by atoms with Crippen molar-refractivity contribution in [1.29, 1.82) is 0 Å². The molecule has 0 radical (unpaired) electrons. The molecule has 0 bridgehead atoms. The number of amides is 1. The fourth-order valence-corrected chi connectivity index (χ4v) is 2.95. The number of carbonyl (C=O) groups excluding carboxylic acids is 1. The van der Waals surface area contributed by atoms with E-state index in [1.165, 1.54) is 16.2 Å². The van der Waals surface area contributed by atoms with Gasteiger partial charge < -0.3 is 5.73 Å². The third-order valence-corrected chi connectivity index (χ3v) is 4.08. The van der Waals surface area contributed by atoms with E-state index in [9.17, 15) is 4.79 Å². The van der Waals surface area contributed by atoms with Crippen LogP contribution in [0, 0.1) is 6.92 Å². The molecule has 0 saturated heterocycles. The number of anilines is 1. The molecule has 118 valence electrons. The van der Waals surface area contributed by atoms with E-state index in [2.05, 4.69) is 25.2 Å². The Morgan fingerprint density at radius 2 is 2.22 bits per heavy atom. The van der Waals surface area contributed by atoms with Crippen LogP contribution in [0.1, 0.15) is 18.2 Å². The fraction of sp³-hybridized carbons (Fsp3) is 0.214. The van der Waals surface area contributed by atoms with Gasteiger partial charge >= 0.3 is 0 Å². The largest absolute Gasteiger partial charge is 0.389 e. The minimum atomic E-state index is -0.292. The van der Waals surface area contributed by atoms with Gasteiger partial charge in [0.1, 0.15) is 17.1 Å². The van der Waals surface area contributed by atoms with Crippen LogP contribution in [-0.4, -0.2) is 31.0 Å². The van der Waals surface area contributed by atoms with Gasteiger partial charge in [0.05, 0.1) is 22.5 Å². The Kier molecular flexibility index (Phi) is 4.02. The van der Waals surface area contributed by atoms with Gasteiger partial charge in [-0.25, -0.2) is 10.1 Å². The van der Waals surface area contributed by atoms with Gasteiger partial charge in [-0.1, -0.05) is 17.3 Å². The number of hydrogen-bond acceptors (Lipinski definition) is 7. The van der Waals surface area contributed by atoms with Crippen LogP contribution in [0.25, 0.3) is 11.0 Å². The molecular formula is C14H15N7OS. The number of nitrogens with zero attached hydrogens (tertiary/aromatic N) is 5. The molecule has 0 spiro atoms. The lowest BCUT2D eigenvalue weighted by Crippen LogP contribution is -2.25. The van der Waals surface area contributed by atoms with Crippen LogP contribution in [0.4, 0.5) is 5.00 Å². The predicted octanol–water partition coefficient (Wildman–Crippen LogP) is 1.32. The number of fused-ring (bicyclic) bond motifs is 1. The molecule has 3 aromatic rings. The van der Waals surface area contributed by atoms with Gasteiger partial charge in [0, 0.05) is 0 Å². The maximum absolute atomic E-state index is 12.0. The number of carbonyl (C=O) groups is 1. The number of hydrazone groups is 1. The minimum absolute atomic E-state index is 0.0354. The van der Waals surface area contributed by atoms with Crippen LogP contribution in [0.3, 0.4) is 0 Å². The quantitative estimate of drug-likeness (QED) is 0.554. The number of nitrogens with two attached hydrogens (primary N) is 1. The second-order valence-electron chi connectivity index (χ2n) is 4.98. The van der Waals surface area contributed by atoms with E-state index in [4.69, 9.17) is 5.73 Å². The van der Waals surface area contributed by atoms with Crippen molar-refractivity contribution in [2.45, 2.75) is 20.4 Å². The topological polar surface area (TPSA) is 111 Å². The average Bonchev–Trinajstić information content (AvgIpc) is 3.09. The number of nitrogen functional groups attached to an aromatic ring is 1. The summed E-state index contributed by atoms with van der Waals surface area (Å²) in [6.07, 6.45) is 0. The molecule has 23 heavy (non-hydrogen) atoms. The van der Waals surface area contributed by atoms with Gasteiger partial charge in [-0.15, -0.1) is 5.10 Å². The van der Waals surface area contributed by atoms with Crippen molar-refractivity contribution in [3.05, 3.63) is 35.5 Å². The van der Waals surface area contributed by atoms with E-state index in [0.717, 1.165) is 22.3 Å². The van der Waals surface area contributed by atoms with Crippen LogP contribution >= 0.6 is 11.5 Å². The van der Waals surface area contributed by atoms with Gasteiger partial charge in [0.25, 0.3) is 5.91 Å². The summed E-state index contributed by atoms with van der Waals surface area (Å²) >= 11 is 1.21. The third kappa shape index (κ3) is 3.04. The highest BCUT2D eigenvalue weighted by atomic mass is 32.1. The van der Waals surface area contributed by atoms with Crippen LogP contribution < -0.4 is 11.2 Å². The molecule has 2 aromatic heterocycles. The highest BCUT2D eigenvalue weighted by Crippen LogP contribution is 2.21. The Balaban J connectivity index is 1.71. The molecule has 0 aliphatic carbocycles. The first-order chi connectivity index (χ1) is 11.1. The summed E-state index contributed by atoms with van der Waals surface area (Å²) in [5.41, 5.74) is 12.1. The maximum atomic E-state index is 12.0. The molecule has 1 aromatic carbocycles.